The molecule has 1 N–H and O–H groups in total. The lowest BCUT2D eigenvalue weighted by atomic mass is 9.64. The summed E-state index contributed by atoms with van der Waals surface area (Å²) in [6.45, 7) is 9.31. The minimum Gasteiger partial charge on any atom is -0.464 e. The molecule has 2 aliphatic carbocycles. The molecule has 1 aliphatic heterocycles. The molecule has 5 atom stereocenters. The van der Waals surface area contributed by atoms with Crippen molar-refractivity contribution in [1.29, 1.82) is 0 Å². The SMILES string of the molecule is C=C1C(=O)O[C@@H]2[C@H]1CC[C@H](C)[C@]1(O)CCC(=O)[C@@]21COC(=O)CC(C)C. The zero-order valence-electron chi connectivity index (χ0n) is 15.7. The highest BCUT2D eigenvalue weighted by Crippen LogP contribution is 2.59. The van der Waals surface area contributed by atoms with Crippen LogP contribution in [0.2, 0.25) is 0 Å². The van der Waals surface area contributed by atoms with E-state index in [1.807, 2.05) is 20.8 Å². The summed E-state index contributed by atoms with van der Waals surface area (Å²) in [5.41, 5.74) is -2.42. The summed E-state index contributed by atoms with van der Waals surface area (Å²) in [5.74, 6) is -1.50. The van der Waals surface area contributed by atoms with Crippen molar-refractivity contribution in [1.82, 2.24) is 0 Å². The van der Waals surface area contributed by atoms with Gasteiger partial charge in [0.15, 0.2) is 0 Å². The number of hydrogen-bond acceptors (Lipinski definition) is 6. The van der Waals surface area contributed by atoms with Crippen LogP contribution in [0.4, 0.5) is 0 Å². The van der Waals surface area contributed by atoms with Crippen molar-refractivity contribution in [3.63, 3.8) is 0 Å². The summed E-state index contributed by atoms with van der Waals surface area (Å²) in [5, 5.41) is 11.6. The number of Topliss-reactive ketones (excluding diaryl/α,β-unsaturated/α-hetero) is 1. The normalized spacial score (nSPS) is 39.4. The topological polar surface area (TPSA) is 89.9 Å². The Kier molecular flexibility index (Phi) is 4.76. The fourth-order valence-corrected chi connectivity index (χ4v) is 5.00. The average molecular weight is 364 g/mol. The van der Waals surface area contributed by atoms with E-state index in [0.717, 1.165) is 0 Å². The van der Waals surface area contributed by atoms with E-state index in [1.54, 1.807) is 0 Å². The molecule has 1 heterocycles. The van der Waals surface area contributed by atoms with Gasteiger partial charge in [-0.1, -0.05) is 27.4 Å². The fourth-order valence-electron chi connectivity index (χ4n) is 5.00. The van der Waals surface area contributed by atoms with Gasteiger partial charge in [-0.3, -0.25) is 9.59 Å². The zero-order chi connectivity index (χ0) is 19.3. The molecule has 3 fully saturated rings. The van der Waals surface area contributed by atoms with Gasteiger partial charge in [-0.25, -0.2) is 4.79 Å². The Morgan fingerprint density at radius 2 is 2.08 bits per heavy atom. The molecule has 1 saturated heterocycles. The second-order valence-corrected chi connectivity index (χ2v) is 8.51. The fraction of sp³-hybridized carbons (Fsp3) is 0.750. The Hall–Kier alpha value is -1.69. The van der Waals surface area contributed by atoms with E-state index in [0.29, 0.717) is 24.8 Å². The number of ketones is 1. The van der Waals surface area contributed by atoms with Gasteiger partial charge in [-0.15, -0.1) is 0 Å². The van der Waals surface area contributed by atoms with E-state index in [1.165, 1.54) is 0 Å². The van der Waals surface area contributed by atoms with E-state index < -0.39 is 29.1 Å². The van der Waals surface area contributed by atoms with Gasteiger partial charge in [0.25, 0.3) is 0 Å². The molecule has 0 aromatic heterocycles. The van der Waals surface area contributed by atoms with Crippen LogP contribution in [0.5, 0.6) is 0 Å². The molecule has 0 radical (unpaired) electrons. The van der Waals surface area contributed by atoms with Crippen LogP contribution < -0.4 is 0 Å². The molecule has 26 heavy (non-hydrogen) atoms. The Morgan fingerprint density at radius 1 is 1.38 bits per heavy atom. The summed E-state index contributed by atoms with van der Waals surface area (Å²) in [6.07, 6.45) is 1.17. The Morgan fingerprint density at radius 3 is 2.73 bits per heavy atom. The first-order chi connectivity index (χ1) is 12.1. The first kappa shape index (κ1) is 19.1. The molecule has 0 unspecified atom stereocenters. The molecule has 0 amide bonds. The predicted molar refractivity (Wildman–Crippen MR) is 92.9 cm³/mol. The van der Waals surface area contributed by atoms with Gasteiger partial charge >= 0.3 is 11.9 Å². The van der Waals surface area contributed by atoms with Crippen LogP contribution >= 0.6 is 0 Å². The second-order valence-electron chi connectivity index (χ2n) is 8.51. The first-order valence-electron chi connectivity index (χ1n) is 9.44. The van der Waals surface area contributed by atoms with E-state index in [-0.39, 0.29) is 43.0 Å². The maximum atomic E-state index is 13.1. The van der Waals surface area contributed by atoms with Crippen LogP contribution in [0.15, 0.2) is 12.2 Å². The van der Waals surface area contributed by atoms with Gasteiger partial charge < -0.3 is 14.6 Å². The third kappa shape index (κ3) is 2.61. The molecule has 3 rings (SSSR count). The molecule has 0 bridgehead atoms. The number of esters is 2. The Bertz CT molecular complexity index is 653. The van der Waals surface area contributed by atoms with E-state index >= 15 is 0 Å². The highest BCUT2D eigenvalue weighted by molar-refractivity contribution is 5.95. The number of carbonyl (C=O) groups is 3. The van der Waals surface area contributed by atoms with E-state index in [9.17, 15) is 19.5 Å². The average Bonchev–Trinajstić information content (AvgIpc) is 2.96. The predicted octanol–water partition coefficient (Wildman–Crippen LogP) is 2.18. The van der Waals surface area contributed by atoms with Gasteiger partial charge in [0, 0.05) is 24.3 Å². The number of carbonyl (C=O) groups excluding carboxylic acids is 3. The number of hydrogen-bond donors (Lipinski definition) is 1. The number of fused-ring (bicyclic) bond motifs is 3. The molecule has 0 aromatic carbocycles. The second kappa shape index (κ2) is 6.48. The van der Waals surface area contributed by atoms with Crippen LogP contribution in [-0.4, -0.2) is 41.1 Å². The molecule has 6 nitrogen and oxygen atoms in total. The molecule has 144 valence electrons. The lowest BCUT2D eigenvalue weighted by molar-refractivity contribution is -0.191. The minimum atomic E-state index is -1.41. The lowest BCUT2D eigenvalue weighted by Gasteiger charge is -2.45. The van der Waals surface area contributed by atoms with Gasteiger partial charge in [0.05, 0.1) is 5.60 Å². The highest BCUT2D eigenvalue weighted by atomic mass is 16.6. The number of aliphatic hydroxyl groups is 1. The van der Waals surface area contributed by atoms with Crippen LogP contribution in [0.3, 0.4) is 0 Å². The van der Waals surface area contributed by atoms with E-state index in [2.05, 4.69) is 6.58 Å². The largest absolute Gasteiger partial charge is 0.464 e. The number of rotatable bonds is 4. The van der Waals surface area contributed by atoms with Crippen molar-refractivity contribution in [2.75, 3.05) is 6.61 Å². The molecule has 0 aromatic rings. The van der Waals surface area contributed by atoms with Crippen molar-refractivity contribution in [3.8, 4) is 0 Å². The summed E-state index contributed by atoms with van der Waals surface area (Å²) < 4.78 is 11.0. The van der Waals surface area contributed by atoms with Crippen molar-refractivity contribution >= 4 is 17.7 Å². The van der Waals surface area contributed by atoms with Crippen molar-refractivity contribution in [2.45, 2.75) is 64.6 Å². The van der Waals surface area contributed by atoms with E-state index in [4.69, 9.17) is 9.47 Å². The maximum absolute atomic E-state index is 13.1. The highest BCUT2D eigenvalue weighted by Gasteiger charge is 2.71. The van der Waals surface area contributed by atoms with Crippen LogP contribution in [-0.2, 0) is 23.9 Å². The van der Waals surface area contributed by atoms with Crippen LogP contribution in [0.25, 0.3) is 0 Å². The van der Waals surface area contributed by atoms with Crippen molar-refractivity contribution < 1.29 is 29.0 Å². The molecule has 0 spiro atoms. The minimum absolute atomic E-state index is 0.128. The first-order valence-corrected chi connectivity index (χ1v) is 9.44. The third-order valence-corrected chi connectivity index (χ3v) is 6.56. The number of ether oxygens (including phenoxy) is 2. The third-order valence-electron chi connectivity index (χ3n) is 6.56. The van der Waals surface area contributed by atoms with Crippen molar-refractivity contribution in [3.05, 3.63) is 12.2 Å². The summed E-state index contributed by atoms with van der Waals surface area (Å²) >= 11 is 0. The molecular weight excluding hydrogens is 336 g/mol. The summed E-state index contributed by atoms with van der Waals surface area (Å²) in [4.78, 5) is 37.3. The standard InChI is InChI=1S/C20H28O6/c1-11(2)9-16(22)25-10-19-15(21)7-8-20(19,24)12(3)5-6-14-13(4)18(23)26-17(14)19/h11-12,14,17,24H,4-10H2,1-3H3/t12-,14-,17+,19-,20+/m0/s1. The van der Waals surface area contributed by atoms with Gasteiger partial charge in [0.2, 0.25) is 0 Å². The monoisotopic (exact) mass is 364 g/mol. The maximum Gasteiger partial charge on any atom is 0.334 e. The molecule has 6 heteroatoms. The van der Waals surface area contributed by atoms with Crippen molar-refractivity contribution in [2.24, 2.45) is 23.2 Å². The van der Waals surface area contributed by atoms with Gasteiger partial charge in [0.1, 0.15) is 23.9 Å². The summed E-state index contributed by atoms with van der Waals surface area (Å²) in [6, 6.07) is 0. The van der Waals surface area contributed by atoms with Crippen LogP contribution in [0.1, 0.15) is 52.9 Å². The lowest BCUT2D eigenvalue weighted by Crippen LogP contribution is -2.60. The quantitative estimate of drug-likeness (QED) is 0.607. The summed E-state index contributed by atoms with van der Waals surface area (Å²) in [7, 11) is 0. The Labute approximate surface area is 153 Å². The molecule has 2 saturated carbocycles. The smallest absolute Gasteiger partial charge is 0.334 e. The Balaban J connectivity index is 2.01. The zero-order valence-corrected chi connectivity index (χ0v) is 15.7. The van der Waals surface area contributed by atoms with Crippen LogP contribution in [0, 0.1) is 23.2 Å². The van der Waals surface area contributed by atoms with Gasteiger partial charge in [-0.2, -0.15) is 0 Å². The molecule has 3 aliphatic rings. The molecular formula is C20H28O6. The van der Waals surface area contributed by atoms with Gasteiger partial charge in [-0.05, 0) is 31.1 Å².